The number of amides is 1. The van der Waals surface area contributed by atoms with Gasteiger partial charge in [0.1, 0.15) is 0 Å². The van der Waals surface area contributed by atoms with Gasteiger partial charge in [0, 0.05) is 19.4 Å². The molecule has 1 amide bonds. The van der Waals surface area contributed by atoms with Crippen LogP contribution >= 0.6 is 0 Å². The highest BCUT2D eigenvalue weighted by molar-refractivity contribution is 5.66. The van der Waals surface area contributed by atoms with E-state index in [4.69, 9.17) is 9.47 Å². The molecule has 0 atom stereocenters. The van der Waals surface area contributed by atoms with Crippen molar-refractivity contribution in [1.29, 1.82) is 0 Å². The molecule has 0 aromatic heterocycles. The van der Waals surface area contributed by atoms with Crippen molar-refractivity contribution < 1.29 is 23.8 Å². The van der Waals surface area contributed by atoms with Gasteiger partial charge >= 0.3 is 12.2 Å². The number of ether oxygens (including phenoxy) is 3. The summed E-state index contributed by atoms with van der Waals surface area (Å²) in [4.78, 5) is 21.9. The molecule has 24 heavy (non-hydrogen) atoms. The summed E-state index contributed by atoms with van der Waals surface area (Å²) in [6, 6.07) is 0. The molecule has 0 unspecified atom stereocenters. The van der Waals surface area contributed by atoms with Crippen LogP contribution in [0.3, 0.4) is 0 Å². The second kappa shape index (κ2) is 17.0. The standard InChI is InChI=1S/C18H27NO5/c1-3-19-17(20)23-15-13-11-9-7-5-6-8-10-12-14-16-24-18(21)22-4-2/h3-4,9-16H2,1-2H3,(H,19,20). The van der Waals surface area contributed by atoms with Crippen molar-refractivity contribution in [3.8, 4) is 23.7 Å². The average Bonchev–Trinajstić information content (AvgIpc) is 2.55. The predicted molar refractivity (Wildman–Crippen MR) is 91.3 cm³/mol. The van der Waals surface area contributed by atoms with Gasteiger partial charge in [-0.15, -0.1) is 0 Å². The number of carbonyl (C=O) groups excluding carboxylic acids is 2. The normalized spacial score (nSPS) is 8.92. The molecule has 0 aliphatic heterocycles. The molecule has 0 saturated carbocycles. The zero-order valence-electron chi connectivity index (χ0n) is 14.6. The van der Waals surface area contributed by atoms with Gasteiger partial charge in [-0.1, -0.05) is 11.8 Å². The Morgan fingerprint density at radius 3 is 1.96 bits per heavy atom. The number of unbranched alkanes of at least 4 members (excludes halogenated alkanes) is 4. The minimum absolute atomic E-state index is 0.324. The summed E-state index contributed by atoms with van der Waals surface area (Å²) < 4.78 is 14.4. The Bertz CT molecular complexity index is 423. The van der Waals surface area contributed by atoms with Crippen molar-refractivity contribution in [1.82, 2.24) is 5.32 Å². The van der Waals surface area contributed by atoms with Crippen molar-refractivity contribution in [2.24, 2.45) is 0 Å². The molecule has 0 radical (unpaired) electrons. The van der Waals surface area contributed by atoms with Gasteiger partial charge in [-0.05, 0) is 51.4 Å². The number of hydrogen-bond donors (Lipinski definition) is 1. The fourth-order valence-corrected chi connectivity index (χ4v) is 1.52. The van der Waals surface area contributed by atoms with E-state index in [2.05, 4.69) is 33.7 Å². The number of carbonyl (C=O) groups is 2. The van der Waals surface area contributed by atoms with Crippen LogP contribution in [-0.4, -0.2) is 38.6 Å². The van der Waals surface area contributed by atoms with Gasteiger partial charge in [0.2, 0.25) is 0 Å². The minimum Gasteiger partial charge on any atom is -0.450 e. The quantitative estimate of drug-likeness (QED) is 0.376. The molecule has 0 aliphatic rings. The molecule has 0 heterocycles. The highest BCUT2D eigenvalue weighted by Crippen LogP contribution is 1.96. The zero-order chi connectivity index (χ0) is 17.9. The highest BCUT2D eigenvalue weighted by Gasteiger charge is 2.00. The van der Waals surface area contributed by atoms with Crippen LogP contribution in [-0.2, 0) is 14.2 Å². The topological polar surface area (TPSA) is 73.9 Å². The second-order valence-electron chi connectivity index (χ2n) is 4.72. The SMILES string of the molecule is CCNC(=O)OCCCCC#CC#CCCCCOC(=O)OCC. The molecule has 1 N–H and O–H groups in total. The van der Waals surface area contributed by atoms with E-state index in [1.54, 1.807) is 6.92 Å². The Hall–Kier alpha value is -2.34. The first-order valence-corrected chi connectivity index (χ1v) is 8.36. The summed E-state index contributed by atoms with van der Waals surface area (Å²) in [6.45, 7) is 5.23. The molecule has 0 bridgehead atoms. The molecular formula is C18H27NO5. The molecule has 0 saturated heterocycles. The Balaban J connectivity index is 3.43. The molecule has 0 aromatic carbocycles. The van der Waals surface area contributed by atoms with Crippen LogP contribution in [0.4, 0.5) is 9.59 Å². The first-order valence-electron chi connectivity index (χ1n) is 8.36. The largest absolute Gasteiger partial charge is 0.508 e. The van der Waals surface area contributed by atoms with E-state index >= 15 is 0 Å². The Morgan fingerprint density at radius 1 is 0.833 bits per heavy atom. The van der Waals surface area contributed by atoms with E-state index in [9.17, 15) is 9.59 Å². The molecule has 0 rings (SSSR count). The van der Waals surface area contributed by atoms with Crippen molar-refractivity contribution in [3.05, 3.63) is 0 Å². The van der Waals surface area contributed by atoms with Gasteiger partial charge in [-0.2, -0.15) is 0 Å². The lowest BCUT2D eigenvalue weighted by Gasteiger charge is -2.03. The molecule has 0 spiro atoms. The smallest absolute Gasteiger partial charge is 0.450 e. The van der Waals surface area contributed by atoms with E-state index in [1.807, 2.05) is 6.92 Å². The molecule has 0 aromatic rings. The lowest BCUT2D eigenvalue weighted by atomic mass is 10.2. The predicted octanol–water partition coefficient (Wildman–Crippen LogP) is 3.25. The Labute approximate surface area is 144 Å². The number of hydrogen-bond acceptors (Lipinski definition) is 5. The summed E-state index contributed by atoms with van der Waals surface area (Å²) >= 11 is 0. The third-order valence-corrected chi connectivity index (χ3v) is 2.67. The Kier molecular flexibility index (Phi) is 15.4. The highest BCUT2D eigenvalue weighted by atomic mass is 16.7. The van der Waals surface area contributed by atoms with E-state index in [0.717, 1.165) is 38.5 Å². The van der Waals surface area contributed by atoms with Crippen LogP contribution in [0.15, 0.2) is 0 Å². The Morgan fingerprint density at radius 2 is 1.42 bits per heavy atom. The third kappa shape index (κ3) is 16.0. The average molecular weight is 337 g/mol. The fourth-order valence-electron chi connectivity index (χ4n) is 1.52. The van der Waals surface area contributed by atoms with Crippen LogP contribution in [0.2, 0.25) is 0 Å². The van der Waals surface area contributed by atoms with Gasteiger partial charge in [0.15, 0.2) is 0 Å². The zero-order valence-corrected chi connectivity index (χ0v) is 14.6. The van der Waals surface area contributed by atoms with Gasteiger partial charge in [-0.25, -0.2) is 9.59 Å². The van der Waals surface area contributed by atoms with Gasteiger partial charge in [-0.3, -0.25) is 0 Å². The lowest BCUT2D eigenvalue weighted by molar-refractivity contribution is 0.0580. The molecule has 6 nitrogen and oxygen atoms in total. The maximum absolute atomic E-state index is 11.0. The summed E-state index contributed by atoms with van der Waals surface area (Å²) in [5, 5.41) is 2.56. The first kappa shape index (κ1) is 21.7. The van der Waals surface area contributed by atoms with Crippen molar-refractivity contribution in [3.63, 3.8) is 0 Å². The molecule has 0 fully saturated rings. The molecule has 134 valence electrons. The fraction of sp³-hybridized carbons (Fsp3) is 0.667. The lowest BCUT2D eigenvalue weighted by Crippen LogP contribution is -2.23. The molecular weight excluding hydrogens is 310 g/mol. The summed E-state index contributed by atoms with van der Waals surface area (Å²) in [6.07, 6.45) is 3.74. The number of alkyl carbamates (subject to hydrolysis) is 1. The summed E-state index contributed by atoms with van der Waals surface area (Å²) in [7, 11) is 0. The second-order valence-corrected chi connectivity index (χ2v) is 4.72. The van der Waals surface area contributed by atoms with E-state index in [0.29, 0.717) is 26.4 Å². The van der Waals surface area contributed by atoms with Crippen LogP contribution in [0.1, 0.15) is 52.4 Å². The van der Waals surface area contributed by atoms with Crippen molar-refractivity contribution in [2.75, 3.05) is 26.4 Å². The van der Waals surface area contributed by atoms with Crippen LogP contribution in [0.25, 0.3) is 0 Å². The monoisotopic (exact) mass is 337 g/mol. The maximum Gasteiger partial charge on any atom is 0.508 e. The maximum atomic E-state index is 11.0. The van der Waals surface area contributed by atoms with Gasteiger partial charge in [0.05, 0.1) is 19.8 Å². The molecule has 0 aliphatic carbocycles. The van der Waals surface area contributed by atoms with Crippen LogP contribution in [0.5, 0.6) is 0 Å². The summed E-state index contributed by atoms with van der Waals surface area (Å²) in [5.74, 6) is 11.5. The van der Waals surface area contributed by atoms with Gasteiger partial charge < -0.3 is 19.5 Å². The van der Waals surface area contributed by atoms with Gasteiger partial charge in [0.25, 0.3) is 0 Å². The van der Waals surface area contributed by atoms with E-state index < -0.39 is 6.16 Å². The summed E-state index contributed by atoms with van der Waals surface area (Å²) in [5.41, 5.74) is 0. The van der Waals surface area contributed by atoms with E-state index in [1.165, 1.54) is 0 Å². The van der Waals surface area contributed by atoms with Crippen LogP contribution < -0.4 is 5.32 Å². The van der Waals surface area contributed by atoms with Crippen molar-refractivity contribution in [2.45, 2.75) is 52.4 Å². The number of rotatable bonds is 10. The number of nitrogens with one attached hydrogen (secondary N) is 1. The van der Waals surface area contributed by atoms with Crippen molar-refractivity contribution >= 4 is 12.2 Å². The molecule has 6 heteroatoms. The first-order chi connectivity index (χ1) is 11.7. The van der Waals surface area contributed by atoms with E-state index in [-0.39, 0.29) is 6.09 Å². The minimum atomic E-state index is -0.620. The van der Waals surface area contributed by atoms with Crippen LogP contribution in [0, 0.1) is 23.7 Å². The third-order valence-electron chi connectivity index (χ3n) is 2.67.